The smallest absolute Gasteiger partial charge is 0.408 e. The number of nitrogens with two attached hydrogens (primary N) is 1. The Bertz CT molecular complexity index is 825. The van der Waals surface area contributed by atoms with Gasteiger partial charge in [0.2, 0.25) is 0 Å². The number of aliphatic carboxylic acids is 1. The molecule has 2 aromatic heterocycles. The highest BCUT2D eigenvalue weighted by Gasteiger charge is 2.25. The Kier molecular flexibility index (Phi) is 6.26. The molecule has 2 heterocycles. The van der Waals surface area contributed by atoms with Crippen LogP contribution in [-0.4, -0.2) is 43.8 Å². The number of carbonyl (C=O) groups excluding carboxylic acids is 1. The normalized spacial score (nSPS) is 12.4. The Balaban J connectivity index is 2.07. The lowest BCUT2D eigenvalue weighted by Crippen LogP contribution is -2.44. The van der Waals surface area contributed by atoms with Crippen molar-refractivity contribution in [3.8, 4) is 10.7 Å². The van der Waals surface area contributed by atoms with Crippen LogP contribution in [0.2, 0.25) is 0 Å². The van der Waals surface area contributed by atoms with Crippen molar-refractivity contribution in [2.75, 3.05) is 0 Å². The Labute approximate surface area is 163 Å². The number of amides is 1. The summed E-state index contributed by atoms with van der Waals surface area (Å²) in [5.74, 6) is -1.17. The van der Waals surface area contributed by atoms with E-state index in [0.717, 1.165) is 0 Å². The molecule has 0 saturated carbocycles. The Morgan fingerprint density at radius 2 is 2.04 bits per heavy atom. The molecule has 1 unspecified atom stereocenters. The predicted octanol–water partition coefficient (Wildman–Crippen LogP) is 2.42. The molecule has 26 heavy (non-hydrogen) atoms. The molecule has 1 amide bonds. The first-order valence-electron chi connectivity index (χ1n) is 7.47. The molecule has 2 aromatic rings. The number of aromatic nitrogens is 2. The zero-order chi connectivity index (χ0) is 19.5. The molecule has 0 saturated heterocycles. The molecule has 4 N–H and O–H groups in total. The number of carboxylic acids is 1. The number of carbonyl (C=O) groups is 2. The summed E-state index contributed by atoms with van der Waals surface area (Å²) in [4.78, 5) is 32.1. The van der Waals surface area contributed by atoms with E-state index in [4.69, 9.17) is 22.7 Å². The van der Waals surface area contributed by atoms with E-state index in [-0.39, 0.29) is 11.4 Å². The monoisotopic (exact) mass is 414 g/mol. The minimum absolute atomic E-state index is 0.0345. The van der Waals surface area contributed by atoms with Crippen molar-refractivity contribution in [2.24, 2.45) is 5.73 Å². The number of hydrogen-bond acceptors (Lipinski definition) is 8. The number of carboxylic acid groups (broad SMARTS) is 1. The molecule has 0 spiro atoms. The standard InChI is InChI=1S/C15H18N4O4S3/c1-15(2,3)23-14(22)19-7(13(20)21)4-10-17-9(6-25-10)12-18-8(5-26-12)11(16)24/h5-7H,4H2,1-3H3,(H2,16,24)(H,19,22)(H,20,21). The van der Waals surface area contributed by atoms with Crippen LogP contribution in [0.15, 0.2) is 10.8 Å². The minimum Gasteiger partial charge on any atom is -0.480 e. The fourth-order valence-electron chi connectivity index (χ4n) is 1.83. The number of nitrogens with one attached hydrogen (secondary N) is 1. The van der Waals surface area contributed by atoms with Crippen LogP contribution in [0.4, 0.5) is 4.79 Å². The maximum atomic E-state index is 11.8. The summed E-state index contributed by atoms with van der Waals surface area (Å²) < 4.78 is 5.09. The van der Waals surface area contributed by atoms with Gasteiger partial charge in [-0.2, -0.15) is 0 Å². The third kappa shape index (κ3) is 5.71. The van der Waals surface area contributed by atoms with Crippen molar-refractivity contribution in [3.05, 3.63) is 21.5 Å². The Morgan fingerprint density at radius 3 is 2.58 bits per heavy atom. The molecule has 11 heteroatoms. The van der Waals surface area contributed by atoms with Gasteiger partial charge in [0.25, 0.3) is 0 Å². The molecule has 0 aliphatic heterocycles. The van der Waals surface area contributed by atoms with E-state index in [1.807, 2.05) is 0 Å². The third-order valence-corrected chi connectivity index (χ3v) is 4.84. The van der Waals surface area contributed by atoms with E-state index in [1.54, 1.807) is 31.5 Å². The second kappa shape index (κ2) is 8.06. The summed E-state index contributed by atoms with van der Waals surface area (Å²) in [6, 6.07) is -1.15. The van der Waals surface area contributed by atoms with Gasteiger partial charge in [0.15, 0.2) is 0 Å². The van der Waals surface area contributed by atoms with Gasteiger partial charge < -0.3 is 20.9 Å². The van der Waals surface area contributed by atoms with E-state index in [1.165, 1.54) is 22.7 Å². The first kappa shape index (κ1) is 20.2. The molecule has 1 atom stereocenters. The Morgan fingerprint density at radius 1 is 1.35 bits per heavy atom. The summed E-state index contributed by atoms with van der Waals surface area (Å²) in [7, 11) is 0. The summed E-state index contributed by atoms with van der Waals surface area (Å²) in [5, 5.41) is 16.4. The van der Waals surface area contributed by atoms with Crippen molar-refractivity contribution in [3.63, 3.8) is 0 Å². The van der Waals surface area contributed by atoms with Gasteiger partial charge in [-0.3, -0.25) is 0 Å². The molecule has 140 valence electrons. The topological polar surface area (TPSA) is 127 Å². The van der Waals surface area contributed by atoms with Crippen molar-refractivity contribution >= 4 is 51.9 Å². The molecule has 0 aliphatic carbocycles. The lowest BCUT2D eigenvalue weighted by atomic mass is 10.2. The highest BCUT2D eigenvalue weighted by atomic mass is 32.1. The second-order valence-electron chi connectivity index (χ2n) is 6.27. The maximum Gasteiger partial charge on any atom is 0.408 e. The lowest BCUT2D eigenvalue weighted by molar-refractivity contribution is -0.139. The van der Waals surface area contributed by atoms with Crippen molar-refractivity contribution in [2.45, 2.75) is 38.8 Å². The van der Waals surface area contributed by atoms with Crippen LogP contribution < -0.4 is 11.1 Å². The van der Waals surface area contributed by atoms with E-state index < -0.39 is 23.7 Å². The molecule has 0 aromatic carbocycles. The van der Waals surface area contributed by atoms with E-state index in [0.29, 0.717) is 21.4 Å². The van der Waals surface area contributed by atoms with E-state index >= 15 is 0 Å². The number of rotatable bonds is 6. The van der Waals surface area contributed by atoms with Crippen LogP contribution in [-0.2, 0) is 16.0 Å². The SMILES string of the molecule is CC(C)(C)OC(=O)NC(Cc1nc(-c2nc(C(N)=S)cs2)cs1)C(=O)O. The summed E-state index contributed by atoms with van der Waals surface area (Å²) in [6.45, 7) is 5.10. The van der Waals surface area contributed by atoms with E-state index in [2.05, 4.69) is 15.3 Å². The molecule has 0 aliphatic rings. The quantitative estimate of drug-likeness (QED) is 0.615. The number of thiazole rings is 2. The fourth-order valence-corrected chi connectivity index (χ4v) is 3.69. The van der Waals surface area contributed by atoms with Gasteiger partial charge in [-0.1, -0.05) is 12.2 Å². The maximum absolute atomic E-state index is 11.8. The van der Waals surface area contributed by atoms with Crippen LogP contribution >= 0.6 is 34.9 Å². The average molecular weight is 415 g/mol. The summed E-state index contributed by atoms with van der Waals surface area (Å²) in [6.07, 6.45) is -0.755. The largest absolute Gasteiger partial charge is 0.480 e. The molecule has 0 radical (unpaired) electrons. The Hall–Kier alpha value is -2.11. The highest BCUT2D eigenvalue weighted by molar-refractivity contribution is 7.80. The van der Waals surface area contributed by atoms with Crippen LogP contribution in [0.3, 0.4) is 0 Å². The third-order valence-electron chi connectivity index (χ3n) is 2.90. The van der Waals surface area contributed by atoms with Gasteiger partial charge in [0.05, 0.1) is 5.01 Å². The lowest BCUT2D eigenvalue weighted by Gasteiger charge is -2.21. The second-order valence-corrected chi connectivity index (χ2v) is 8.51. The molecule has 0 fully saturated rings. The number of ether oxygens (including phenoxy) is 1. The van der Waals surface area contributed by atoms with Crippen LogP contribution in [0.1, 0.15) is 31.5 Å². The number of thiocarbonyl (C=S) groups is 1. The average Bonchev–Trinajstić information content (AvgIpc) is 3.12. The number of nitrogens with zero attached hydrogens (tertiary/aromatic N) is 2. The van der Waals surface area contributed by atoms with Gasteiger partial charge in [0, 0.05) is 17.2 Å². The van der Waals surface area contributed by atoms with Crippen molar-refractivity contribution in [1.29, 1.82) is 0 Å². The molecular formula is C15H18N4O4S3. The van der Waals surface area contributed by atoms with Crippen molar-refractivity contribution in [1.82, 2.24) is 15.3 Å². The fraction of sp³-hybridized carbons (Fsp3) is 0.400. The summed E-state index contributed by atoms with van der Waals surface area (Å²) in [5.41, 5.74) is 5.95. The molecule has 8 nitrogen and oxygen atoms in total. The van der Waals surface area contributed by atoms with Crippen LogP contribution in [0.5, 0.6) is 0 Å². The van der Waals surface area contributed by atoms with Crippen LogP contribution in [0, 0.1) is 0 Å². The van der Waals surface area contributed by atoms with Gasteiger partial charge in [0.1, 0.15) is 33.0 Å². The van der Waals surface area contributed by atoms with Crippen LogP contribution in [0.25, 0.3) is 10.7 Å². The first-order chi connectivity index (χ1) is 12.0. The first-order valence-corrected chi connectivity index (χ1v) is 9.64. The van der Waals surface area contributed by atoms with Gasteiger partial charge in [-0.05, 0) is 20.8 Å². The van der Waals surface area contributed by atoms with Crippen molar-refractivity contribution < 1.29 is 19.4 Å². The predicted molar refractivity (Wildman–Crippen MR) is 104 cm³/mol. The van der Waals surface area contributed by atoms with Gasteiger partial charge in [-0.25, -0.2) is 19.6 Å². The minimum atomic E-state index is -1.17. The number of alkyl carbamates (subject to hydrolysis) is 1. The number of hydrogen-bond donors (Lipinski definition) is 3. The summed E-state index contributed by atoms with van der Waals surface area (Å²) >= 11 is 7.51. The van der Waals surface area contributed by atoms with E-state index in [9.17, 15) is 14.7 Å². The molecule has 0 bridgehead atoms. The zero-order valence-electron chi connectivity index (χ0n) is 14.3. The van der Waals surface area contributed by atoms with Gasteiger partial charge in [-0.15, -0.1) is 22.7 Å². The zero-order valence-corrected chi connectivity index (χ0v) is 16.8. The highest BCUT2D eigenvalue weighted by Crippen LogP contribution is 2.26. The molecular weight excluding hydrogens is 396 g/mol. The van der Waals surface area contributed by atoms with Gasteiger partial charge >= 0.3 is 12.1 Å². The molecule has 2 rings (SSSR count).